The van der Waals surface area contributed by atoms with Gasteiger partial charge in [-0.15, -0.1) is 11.6 Å². The summed E-state index contributed by atoms with van der Waals surface area (Å²) in [5, 5.41) is -0.431. The number of alkyl halides is 1. The highest BCUT2D eigenvalue weighted by atomic mass is 35.5. The summed E-state index contributed by atoms with van der Waals surface area (Å²) in [5.41, 5.74) is 0.474. The van der Waals surface area contributed by atoms with E-state index < -0.39 is 17.0 Å². The Balaban J connectivity index is 2.23. The molecule has 0 N–H and O–H groups in total. The van der Waals surface area contributed by atoms with E-state index >= 15 is 0 Å². The maximum absolute atomic E-state index is 13.8. The Labute approximate surface area is 118 Å². The molecule has 20 heavy (non-hydrogen) atoms. The van der Waals surface area contributed by atoms with Crippen LogP contribution in [0.25, 0.3) is 11.0 Å². The van der Waals surface area contributed by atoms with Gasteiger partial charge in [0.25, 0.3) is 0 Å². The Morgan fingerprint density at radius 3 is 2.85 bits per heavy atom. The van der Waals surface area contributed by atoms with E-state index in [9.17, 15) is 8.78 Å². The molecule has 0 saturated carbocycles. The number of rotatable bonds is 3. The minimum absolute atomic E-state index is 0.112. The van der Waals surface area contributed by atoms with Gasteiger partial charge >= 0.3 is 0 Å². The van der Waals surface area contributed by atoms with Gasteiger partial charge in [-0.25, -0.2) is 13.8 Å². The molecule has 0 fully saturated rings. The van der Waals surface area contributed by atoms with Gasteiger partial charge in [-0.05, 0) is 25.1 Å². The molecule has 104 valence electrons. The molecule has 0 spiro atoms. The number of hydrogen-bond acceptors (Lipinski definition) is 2. The van der Waals surface area contributed by atoms with Crippen LogP contribution in [-0.2, 0) is 6.54 Å². The number of furan rings is 1. The van der Waals surface area contributed by atoms with Crippen LogP contribution in [0.1, 0.15) is 23.9 Å². The van der Waals surface area contributed by atoms with E-state index in [0.29, 0.717) is 23.6 Å². The molecule has 1 unspecified atom stereocenters. The average Bonchev–Trinajstić information content (AvgIpc) is 2.98. The molecule has 0 aliphatic rings. The van der Waals surface area contributed by atoms with Crippen molar-refractivity contribution >= 4 is 22.6 Å². The van der Waals surface area contributed by atoms with E-state index in [-0.39, 0.29) is 5.52 Å². The lowest BCUT2D eigenvalue weighted by molar-refractivity contribution is 0.491. The van der Waals surface area contributed by atoms with E-state index in [1.54, 1.807) is 29.9 Å². The van der Waals surface area contributed by atoms with Crippen molar-refractivity contribution in [3.8, 4) is 0 Å². The molecule has 2 heterocycles. The van der Waals surface area contributed by atoms with Crippen LogP contribution in [-0.4, -0.2) is 9.55 Å². The molecule has 1 aromatic carbocycles. The Morgan fingerprint density at radius 2 is 2.20 bits per heavy atom. The molecular weight excluding hydrogens is 286 g/mol. The van der Waals surface area contributed by atoms with Gasteiger partial charge in [-0.1, -0.05) is 0 Å². The third kappa shape index (κ3) is 2.18. The first-order chi connectivity index (χ1) is 9.56. The lowest BCUT2D eigenvalue weighted by Crippen LogP contribution is -2.05. The Hall–Kier alpha value is -1.88. The van der Waals surface area contributed by atoms with E-state index in [2.05, 4.69) is 4.98 Å². The van der Waals surface area contributed by atoms with Crippen molar-refractivity contribution in [1.29, 1.82) is 0 Å². The van der Waals surface area contributed by atoms with Crippen LogP contribution in [0.3, 0.4) is 0 Å². The first-order valence-electron chi connectivity index (χ1n) is 6.08. The third-order valence-corrected chi connectivity index (χ3v) is 3.25. The summed E-state index contributed by atoms with van der Waals surface area (Å²) >= 11 is 6.08. The molecule has 0 aliphatic carbocycles. The van der Waals surface area contributed by atoms with Gasteiger partial charge in [0, 0.05) is 6.07 Å². The van der Waals surface area contributed by atoms with Crippen molar-refractivity contribution < 1.29 is 13.2 Å². The van der Waals surface area contributed by atoms with Crippen molar-refractivity contribution in [3.05, 3.63) is 53.7 Å². The fraction of sp³-hybridized carbons (Fsp3) is 0.214. The van der Waals surface area contributed by atoms with E-state index in [0.717, 1.165) is 6.07 Å². The summed E-state index contributed by atoms with van der Waals surface area (Å²) in [6, 6.07) is 5.59. The van der Waals surface area contributed by atoms with Crippen molar-refractivity contribution in [3.63, 3.8) is 0 Å². The maximum atomic E-state index is 13.8. The summed E-state index contributed by atoms with van der Waals surface area (Å²) in [7, 11) is 0. The Kier molecular flexibility index (Phi) is 3.22. The van der Waals surface area contributed by atoms with Crippen molar-refractivity contribution in [2.24, 2.45) is 0 Å². The second-order valence-corrected chi connectivity index (χ2v) is 5.16. The van der Waals surface area contributed by atoms with Crippen molar-refractivity contribution in [1.82, 2.24) is 9.55 Å². The van der Waals surface area contributed by atoms with Crippen molar-refractivity contribution in [2.75, 3.05) is 0 Å². The molecule has 0 aliphatic heterocycles. The SMILES string of the molecule is CC(Cl)c1nc2c(F)cc(F)cc2n1Cc1ccco1. The van der Waals surface area contributed by atoms with Crippen LogP contribution in [0.2, 0.25) is 0 Å². The number of halogens is 3. The summed E-state index contributed by atoms with van der Waals surface area (Å²) in [4.78, 5) is 4.18. The lowest BCUT2D eigenvalue weighted by Gasteiger charge is -2.08. The molecule has 0 radical (unpaired) electrons. The predicted molar refractivity (Wildman–Crippen MR) is 71.7 cm³/mol. The van der Waals surface area contributed by atoms with Crippen LogP contribution >= 0.6 is 11.6 Å². The zero-order valence-electron chi connectivity index (χ0n) is 10.6. The highest BCUT2D eigenvalue weighted by molar-refractivity contribution is 6.20. The van der Waals surface area contributed by atoms with Crippen LogP contribution < -0.4 is 0 Å². The molecular formula is C14H11ClF2N2O. The van der Waals surface area contributed by atoms with Crippen LogP contribution in [0.5, 0.6) is 0 Å². The second kappa shape index (κ2) is 4.90. The number of aromatic nitrogens is 2. The lowest BCUT2D eigenvalue weighted by atomic mass is 10.3. The van der Waals surface area contributed by atoms with Gasteiger partial charge in [-0.3, -0.25) is 0 Å². The smallest absolute Gasteiger partial charge is 0.153 e. The number of benzene rings is 1. The minimum Gasteiger partial charge on any atom is -0.467 e. The summed E-state index contributed by atoms with van der Waals surface area (Å²) in [6.07, 6.45) is 1.54. The zero-order valence-corrected chi connectivity index (χ0v) is 11.4. The third-order valence-electron chi connectivity index (χ3n) is 3.05. The number of nitrogens with zero attached hydrogens (tertiary/aromatic N) is 2. The molecule has 3 rings (SSSR count). The summed E-state index contributed by atoms with van der Waals surface area (Å²) in [6.45, 7) is 2.05. The molecule has 0 bridgehead atoms. The normalized spacial score (nSPS) is 13.0. The molecule has 2 aromatic heterocycles. The Morgan fingerprint density at radius 1 is 1.40 bits per heavy atom. The van der Waals surface area contributed by atoms with Crippen molar-refractivity contribution in [2.45, 2.75) is 18.8 Å². The van der Waals surface area contributed by atoms with Gasteiger partial charge < -0.3 is 8.98 Å². The second-order valence-electron chi connectivity index (χ2n) is 4.51. The number of fused-ring (bicyclic) bond motifs is 1. The van der Waals surface area contributed by atoms with Gasteiger partial charge in [0.2, 0.25) is 0 Å². The van der Waals surface area contributed by atoms with Crippen LogP contribution in [0.4, 0.5) is 8.78 Å². The quantitative estimate of drug-likeness (QED) is 0.676. The molecule has 3 aromatic rings. The number of imidazole rings is 1. The first-order valence-corrected chi connectivity index (χ1v) is 6.51. The maximum Gasteiger partial charge on any atom is 0.153 e. The summed E-state index contributed by atoms with van der Waals surface area (Å²) in [5.74, 6) is -0.212. The van der Waals surface area contributed by atoms with Crippen LogP contribution in [0.15, 0.2) is 34.9 Å². The molecule has 0 saturated heterocycles. The highest BCUT2D eigenvalue weighted by Gasteiger charge is 2.19. The highest BCUT2D eigenvalue weighted by Crippen LogP contribution is 2.27. The molecule has 0 amide bonds. The minimum atomic E-state index is -0.697. The van der Waals surface area contributed by atoms with Gasteiger partial charge in [0.1, 0.15) is 22.9 Å². The molecule has 1 atom stereocenters. The van der Waals surface area contributed by atoms with E-state index in [1.807, 2.05) is 0 Å². The fourth-order valence-electron chi connectivity index (χ4n) is 2.20. The summed E-state index contributed by atoms with van der Waals surface area (Å²) < 4.78 is 34.2. The largest absolute Gasteiger partial charge is 0.467 e. The fourth-order valence-corrected chi connectivity index (χ4v) is 2.36. The monoisotopic (exact) mass is 296 g/mol. The zero-order chi connectivity index (χ0) is 14.3. The van der Waals surface area contributed by atoms with Gasteiger partial charge in [0.15, 0.2) is 5.82 Å². The van der Waals surface area contributed by atoms with E-state index in [1.165, 1.54) is 6.07 Å². The standard InChI is InChI=1S/C14H11ClF2N2O/c1-8(15)14-18-13-11(17)5-9(16)6-12(13)19(14)7-10-3-2-4-20-10/h2-6,8H,7H2,1H3. The van der Waals surface area contributed by atoms with Crippen LogP contribution in [0, 0.1) is 11.6 Å². The predicted octanol–water partition coefficient (Wildman–Crippen LogP) is 4.26. The van der Waals surface area contributed by atoms with Gasteiger partial charge in [-0.2, -0.15) is 0 Å². The molecule has 6 heteroatoms. The topological polar surface area (TPSA) is 31.0 Å². The average molecular weight is 297 g/mol. The molecule has 3 nitrogen and oxygen atoms in total. The van der Waals surface area contributed by atoms with E-state index in [4.69, 9.17) is 16.0 Å². The first kappa shape index (κ1) is 13.1. The Bertz CT molecular complexity index is 750. The number of hydrogen-bond donors (Lipinski definition) is 0. The van der Waals surface area contributed by atoms with Gasteiger partial charge in [0.05, 0.1) is 23.7 Å².